The summed E-state index contributed by atoms with van der Waals surface area (Å²) in [5.41, 5.74) is 3.83. The van der Waals surface area contributed by atoms with Gasteiger partial charge in [-0.25, -0.2) is 9.50 Å². The summed E-state index contributed by atoms with van der Waals surface area (Å²) in [5.74, 6) is 1.11. The van der Waals surface area contributed by atoms with Gasteiger partial charge in [0.2, 0.25) is 0 Å². The number of pyridine rings is 1. The minimum Gasteiger partial charge on any atom is -0.491 e. The molecule has 3 heterocycles. The summed E-state index contributed by atoms with van der Waals surface area (Å²) in [6.07, 6.45) is 1.87. The molecule has 1 atom stereocenters. The molecular weight excluding hydrogens is 402 g/mol. The molecule has 0 spiro atoms. The molecule has 0 aliphatic rings. The molecule has 0 aliphatic heterocycles. The quantitative estimate of drug-likeness (QED) is 0.433. The highest BCUT2D eigenvalue weighted by Crippen LogP contribution is 2.22. The van der Waals surface area contributed by atoms with Crippen molar-refractivity contribution in [2.45, 2.75) is 46.4 Å². The first kappa shape index (κ1) is 21.8. The van der Waals surface area contributed by atoms with Crippen LogP contribution < -0.4 is 15.6 Å². The highest BCUT2D eigenvalue weighted by Gasteiger charge is 2.19. The maximum atomic E-state index is 12.8. The first-order valence-corrected chi connectivity index (χ1v) is 10.9. The summed E-state index contributed by atoms with van der Waals surface area (Å²) in [6, 6.07) is 17.1. The van der Waals surface area contributed by atoms with Gasteiger partial charge in [-0.1, -0.05) is 32.0 Å². The van der Waals surface area contributed by atoms with Gasteiger partial charge in [0.15, 0.2) is 5.65 Å². The third-order valence-electron chi connectivity index (χ3n) is 5.22. The molecule has 0 saturated heterocycles. The van der Waals surface area contributed by atoms with Crippen molar-refractivity contribution in [3.8, 4) is 17.1 Å². The van der Waals surface area contributed by atoms with Gasteiger partial charge >= 0.3 is 0 Å². The molecule has 3 aromatic heterocycles. The minimum atomic E-state index is -0.144. The highest BCUT2D eigenvalue weighted by molar-refractivity contribution is 5.60. The lowest BCUT2D eigenvalue weighted by atomic mass is 10.00. The number of nitrogens with one attached hydrogen (secondary N) is 2. The van der Waals surface area contributed by atoms with Gasteiger partial charge < -0.3 is 10.1 Å². The fraction of sp³-hybridized carbons (Fsp3) is 0.320. The second-order valence-electron chi connectivity index (χ2n) is 8.51. The number of aromatic nitrogens is 4. The van der Waals surface area contributed by atoms with E-state index in [-0.39, 0.29) is 23.6 Å². The molecule has 0 saturated carbocycles. The molecule has 4 rings (SSSR count). The molecule has 0 fully saturated rings. The van der Waals surface area contributed by atoms with E-state index >= 15 is 0 Å². The van der Waals surface area contributed by atoms with Crippen molar-refractivity contribution in [2.24, 2.45) is 5.92 Å². The largest absolute Gasteiger partial charge is 0.491 e. The maximum absolute atomic E-state index is 12.8. The number of ether oxygens (including phenoxy) is 1. The van der Waals surface area contributed by atoms with E-state index in [2.05, 4.69) is 41.4 Å². The van der Waals surface area contributed by atoms with Gasteiger partial charge in [0, 0.05) is 24.9 Å². The van der Waals surface area contributed by atoms with Crippen LogP contribution in [0, 0.1) is 5.92 Å². The summed E-state index contributed by atoms with van der Waals surface area (Å²) in [4.78, 5) is 21.9. The Balaban J connectivity index is 1.56. The summed E-state index contributed by atoms with van der Waals surface area (Å²) in [7, 11) is 0. The smallest absolute Gasteiger partial charge is 0.272 e. The summed E-state index contributed by atoms with van der Waals surface area (Å²) in [6.45, 7) is 8.93. The molecule has 0 bridgehead atoms. The SMILES string of the molecule is CC(C)Oc1ccc(CNC(c2cc(=O)n3[nH]c(-c4ccccn4)cc3n2)C(C)C)cc1. The minimum absolute atomic E-state index is 0.0625. The van der Waals surface area contributed by atoms with Crippen LogP contribution in [0.4, 0.5) is 0 Å². The second-order valence-corrected chi connectivity index (χ2v) is 8.51. The van der Waals surface area contributed by atoms with E-state index in [4.69, 9.17) is 9.72 Å². The molecular formula is C25H29N5O2. The van der Waals surface area contributed by atoms with Gasteiger partial charge in [0.25, 0.3) is 5.56 Å². The van der Waals surface area contributed by atoms with E-state index in [1.54, 1.807) is 12.3 Å². The number of benzene rings is 1. The molecule has 7 nitrogen and oxygen atoms in total. The standard InChI is InChI=1S/C25H29N5O2/c1-16(2)25(27-15-18-8-10-19(11-9-18)32-17(3)4)22-14-24(31)30-23(28-22)13-21(29-30)20-7-5-6-12-26-20/h5-14,16-17,25,27,29H,15H2,1-4H3. The van der Waals surface area contributed by atoms with E-state index in [1.807, 2.05) is 50.2 Å². The average molecular weight is 432 g/mol. The Hall–Kier alpha value is -3.45. The number of aromatic amines is 1. The predicted octanol–water partition coefficient (Wildman–Crippen LogP) is 4.36. The Labute approximate surface area is 187 Å². The Bertz CT molecular complexity index is 1230. The van der Waals surface area contributed by atoms with Gasteiger partial charge in [-0.2, -0.15) is 0 Å². The zero-order chi connectivity index (χ0) is 22.7. The van der Waals surface area contributed by atoms with E-state index in [9.17, 15) is 4.79 Å². The van der Waals surface area contributed by atoms with Gasteiger partial charge in [0.1, 0.15) is 5.75 Å². The topological polar surface area (TPSA) is 84.3 Å². The van der Waals surface area contributed by atoms with Crippen molar-refractivity contribution >= 4 is 5.65 Å². The van der Waals surface area contributed by atoms with Crippen LogP contribution in [-0.4, -0.2) is 25.7 Å². The molecule has 0 radical (unpaired) electrons. The molecule has 1 aromatic carbocycles. The van der Waals surface area contributed by atoms with Crippen molar-refractivity contribution in [1.82, 2.24) is 24.9 Å². The molecule has 0 aliphatic carbocycles. The van der Waals surface area contributed by atoms with Crippen molar-refractivity contribution in [3.05, 3.63) is 82.4 Å². The Morgan fingerprint density at radius 3 is 2.50 bits per heavy atom. The maximum Gasteiger partial charge on any atom is 0.272 e. The van der Waals surface area contributed by atoms with Crippen LogP contribution in [-0.2, 0) is 6.54 Å². The van der Waals surface area contributed by atoms with E-state index in [0.717, 1.165) is 28.4 Å². The van der Waals surface area contributed by atoms with Crippen LogP contribution in [0.15, 0.2) is 65.6 Å². The lowest BCUT2D eigenvalue weighted by molar-refractivity contribution is 0.242. The first-order valence-electron chi connectivity index (χ1n) is 10.9. The van der Waals surface area contributed by atoms with E-state index in [1.165, 1.54) is 4.52 Å². The van der Waals surface area contributed by atoms with Gasteiger partial charge in [-0.05, 0) is 49.6 Å². The molecule has 4 aromatic rings. The molecule has 1 unspecified atom stereocenters. The van der Waals surface area contributed by atoms with Crippen molar-refractivity contribution in [3.63, 3.8) is 0 Å². The van der Waals surface area contributed by atoms with Crippen molar-refractivity contribution < 1.29 is 4.74 Å². The summed E-state index contributed by atoms with van der Waals surface area (Å²) in [5, 5.41) is 6.67. The van der Waals surface area contributed by atoms with Crippen molar-refractivity contribution in [1.29, 1.82) is 0 Å². The Morgan fingerprint density at radius 2 is 1.84 bits per heavy atom. The number of rotatable bonds is 8. The van der Waals surface area contributed by atoms with Gasteiger partial charge in [-0.15, -0.1) is 0 Å². The van der Waals surface area contributed by atoms with Crippen LogP contribution in [0.25, 0.3) is 17.0 Å². The third-order valence-corrected chi connectivity index (χ3v) is 5.22. The summed E-state index contributed by atoms with van der Waals surface area (Å²) < 4.78 is 7.17. The summed E-state index contributed by atoms with van der Waals surface area (Å²) >= 11 is 0. The predicted molar refractivity (Wildman–Crippen MR) is 126 cm³/mol. The van der Waals surface area contributed by atoms with Crippen LogP contribution in [0.1, 0.15) is 45.0 Å². The lowest BCUT2D eigenvalue weighted by Gasteiger charge is -2.22. The highest BCUT2D eigenvalue weighted by atomic mass is 16.5. The molecule has 2 N–H and O–H groups in total. The van der Waals surface area contributed by atoms with Crippen molar-refractivity contribution in [2.75, 3.05) is 0 Å². The molecule has 166 valence electrons. The van der Waals surface area contributed by atoms with E-state index < -0.39 is 0 Å². The van der Waals surface area contributed by atoms with Crippen LogP contribution >= 0.6 is 0 Å². The number of fused-ring (bicyclic) bond motifs is 1. The third kappa shape index (κ3) is 4.89. The lowest BCUT2D eigenvalue weighted by Crippen LogP contribution is -2.28. The molecule has 0 amide bonds. The zero-order valence-corrected chi connectivity index (χ0v) is 18.9. The monoisotopic (exact) mass is 431 g/mol. The number of hydrogen-bond acceptors (Lipinski definition) is 5. The number of H-pyrrole nitrogens is 1. The zero-order valence-electron chi connectivity index (χ0n) is 18.9. The van der Waals surface area contributed by atoms with E-state index in [0.29, 0.717) is 12.2 Å². The average Bonchev–Trinajstić information content (AvgIpc) is 3.20. The Kier molecular flexibility index (Phi) is 6.37. The van der Waals surface area contributed by atoms with Gasteiger partial charge in [0.05, 0.1) is 29.2 Å². The second kappa shape index (κ2) is 9.36. The fourth-order valence-corrected chi connectivity index (χ4v) is 3.69. The molecule has 7 heteroatoms. The fourth-order valence-electron chi connectivity index (χ4n) is 3.69. The van der Waals surface area contributed by atoms with Crippen LogP contribution in [0.3, 0.4) is 0 Å². The van der Waals surface area contributed by atoms with Crippen LogP contribution in [0.5, 0.6) is 5.75 Å². The number of hydrogen-bond donors (Lipinski definition) is 2. The first-order chi connectivity index (χ1) is 15.4. The Morgan fingerprint density at radius 1 is 1.06 bits per heavy atom. The normalized spacial score (nSPS) is 12.6. The number of nitrogens with zero attached hydrogens (tertiary/aromatic N) is 3. The van der Waals surface area contributed by atoms with Crippen LogP contribution in [0.2, 0.25) is 0 Å². The van der Waals surface area contributed by atoms with Gasteiger partial charge in [-0.3, -0.25) is 14.9 Å². The molecule has 32 heavy (non-hydrogen) atoms.